The zero-order valence-electron chi connectivity index (χ0n) is 9.48. The quantitative estimate of drug-likeness (QED) is 0.798. The average Bonchev–Trinajstić information content (AvgIpc) is 2.79. The number of hydrogen-bond acceptors (Lipinski definition) is 3. The SMILES string of the molecule is CC(CON)c1cn[nH]c1-c1ccc(F)cc1. The lowest BCUT2D eigenvalue weighted by Gasteiger charge is -2.10. The number of nitrogens with zero attached hydrogens (tertiary/aromatic N) is 1. The molecule has 0 fully saturated rings. The Morgan fingerprint density at radius 2 is 2.12 bits per heavy atom. The van der Waals surface area contributed by atoms with Crippen LogP contribution in [0.3, 0.4) is 0 Å². The predicted octanol–water partition coefficient (Wildman–Crippen LogP) is 2.21. The van der Waals surface area contributed by atoms with Crippen molar-refractivity contribution >= 4 is 0 Å². The van der Waals surface area contributed by atoms with Crippen molar-refractivity contribution in [1.29, 1.82) is 0 Å². The second-order valence-corrected chi connectivity index (χ2v) is 3.94. The van der Waals surface area contributed by atoms with Gasteiger partial charge in [-0.05, 0) is 24.3 Å². The van der Waals surface area contributed by atoms with Crippen molar-refractivity contribution in [3.8, 4) is 11.3 Å². The number of hydrogen-bond donors (Lipinski definition) is 2. The first-order chi connectivity index (χ1) is 8.22. The van der Waals surface area contributed by atoms with E-state index in [0.29, 0.717) is 6.61 Å². The Balaban J connectivity index is 2.33. The smallest absolute Gasteiger partial charge is 0.123 e. The van der Waals surface area contributed by atoms with E-state index in [2.05, 4.69) is 15.0 Å². The Labute approximate surface area is 98.6 Å². The Hall–Kier alpha value is -1.72. The van der Waals surface area contributed by atoms with Crippen molar-refractivity contribution in [2.24, 2.45) is 5.90 Å². The average molecular weight is 235 g/mol. The Bertz CT molecular complexity index is 481. The van der Waals surface area contributed by atoms with Gasteiger partial charge in [-0.15, -0.1) is 0 Å². The van der Waals surface area contributed by atoms with Gasteiger partial charge in [-0.2, -0.15) is 5.10 Å². The fourth-order valence-electron chi connectivity index (χ4n) is 1.75. The van der Waals surface area contributed by atoms with Crippen LogP contribution in [-0.2, 0) is 4.84 Å². The van der Waals surface area contributed by atoms with Crippen molar-refractivity contribution in [2.45, 2.75) is 12.8 Å². The molecule has 0 amide bonds. The maximum absolute atomic E-state index is 12.8. The van der Waals surface area contributed by atoms with Crippen LogP contribution in [0, 0.1) is 5.82 Å². The fraction of sp³-hybridized carbons (Fsp3) is 0.250. The van der Waals surface area contributed by atoms with E-state index in [-0.39, 0.29) is 11.7 Å². The van der Waals surface area contributed by atoms with E-state index in [4.69, 9.17) is 5.90 Å². The Morgan fingerprint density at radius 3 is 2.76 bits per heavy atom. The first-order valence-electron chi connectivity index (χ1n) is 5.33. The standard InChI is InChI=1S/C12H14FN3O/c1-8(7-17-14)11-6-15-16-12(11)9-2-4-10(13)5-3-9/h2-6,8H,7,14H2,1H3,(H,15,16). The molecule has 1 aromatic heterocycles. The van der Waals surface area contributed by atoms with Crippen LogP contribution < -0.4 is 5.90 Å². The molecule has 0 aliphatic rings. The molecule has 1 heterocycles. The van der Waals surface area contributed by atoms with E-state index in [1.54, 1.807) is 18.3 Å². The predicted molar refractivity (Wildman–Crippen MR) is 62.5 cm³/mol. The molecule has 1 aromatic carbocycles. The molecule has 2 rings (SSSR count). The summed E-state index contributed by atoms with van der Waals surface area (Å²) in [6.45, 7) is 2.40. The van der Waals surface area contributed by atoms with Crippen LogP contribution in [0.2, 0.25) is 0 Å². The van der Waals surface area contributed by atoms with Gasteiger partial charge in [0, 0.05) is 17.0 Å². The summed E-state index contributed by atoms with van der Waals surface area (Å²) in [5.74, 6) is 4.93. The Kier molecular flexibility index (Phi) is 3.51. The molecule has 1 atom stereocenters. The van der Waals surface area contributed by atoms with Gasteiger partial charge < -0.3 is 4.84 Å². The zero-order valence-corrected chi connectivity index (χ0v) is 9.48. The Morgan fingerprint density at radius 1 is 1.41 bits per heavy atom. The highest BCUT2D eigenvalue weighted by atomic mass is 19.1. The molecular weight excluding hydrogens is 221 g/mol. The van der Waals surface area contributed by atoms with E-state index in [0.717, 1.165) is 16.8 Å². The monoisotopic (exact) mass is 235 g/mol. The van der Waals surface area contributed by atoms with Crippen LogP contribution in [-0.4, -0.2) is 16.8 Å². The van der Waals surface area contributed by atoms with Crippen molar-refractivity contribution in [3.05, 3.63) is 41.8 Å². The first-order valence-corrected chi connectivity index (χ1v) is 5.33. The van der Waals surface area contributed by atoms with Crippen molar-refractivity contribution < 1.29 is 9.23 Å². The maximum Gasteiger partial charge on any atom is 0.123 e. The first kappa shape index (κ1) is 11.8. The summed E-state index contributed by atoms with van der Waals surface area (Å²) in [6.07, 6.45) is 1.74. The molecule has 0 spiro atoms. The van der Waals surface area contributed by atoms with Gasteiger partial charge in [-0.25, -0.2) is 10.3 Å². The normalized spacial score (nSPS) is 12.6. The maximum atomic E-state index is 12.8. The fourth-order valence-corrected chi connectivity index (χ4v) is 1.75. The summed E-state index contributed by atoms with van der Waals surface area (Å²) >= 11 is 0. The van der Waals surface area contributed by atoms with Crippen LogP contribution >= 0.6 is 0 Å². The van der Waals surface area contributed by atoms with Gasteiger partial charge in [0.1, 0.15) is 5.82 Å². The molecule has 17 heavy (non-hydrogen) atoms. The number of halogens is 1. The largest absolute Gasteiger partial charge is 0.304 e. The summed E-state index contributed by atoms with van der Waals surface area (Å²) in [5.41, 5.74) is 2.76. The van der Waals surface area contributed by atoms with Gasteiger partial charge in [0.15, 0.2) is 0 Å². The van der Waals surface area contributed by atoms with Gasteiger partial charge in [0.25, 0.3) is 0 Å². The molecule has 90 valence electrons. The highest BCUT2D eigenvalue weighted by Gasteiger charge is 2.14. The van der Waals surface area contributed by atoms with E-state index < -0.39 is 0 Å². The topological polar surface area (TPSA) is 63.9 Å². The van der Waals surface area contributed by atoms with Crippen LogP contribution in [0.4, 0.5) is 4.39 Å². The third-order valence-electron chi connectivity index (χ3n) is 2.68. The molecule has 0 radical (unpaired) electrons. The highest BCUT2D eigenvalue weighted by molar-refractivity contribution is 5.63. The second kappa shape index (κ2) is 5.07. The minimum atomic E-state index is -0.256. The molecule has 3 N–H and O–H groups in total. The lowest BCUT2D eigenvalue weighted by Crippen LogP contribution is -2.08. The molecule has 0 aliphatic carbocycles. The minimum absolute atomic E-state index is 0.124. The molecule has 0 bridgehead atoms. The number of H-pyrrole nitrogens is 1. The third kappa shape index (κ3) is 2.51. The van der Waals surface area contributed by atoms with Gasteiger partial charge in [0.05, 0.1) is 18.5 Å². The molecule has 0 saturated carbocycles. The second-order valence-electron chi connectivity index (χ2n) is 3.94. The van der Waals surface area contributed by atoms with Gasteiger partial charge in [-0.3, -0.25) is 5.10 Å². The van der Waals surface area contributed by atoms with Crippen molar-refractivity contribution in [3.63, 3.8) is 0 Å². The van der Waals surface area contributed by atoms with Gasteiger partial charge in [-0.1, -0.05) is 6.92 Å². The number of rotatable bonds is 4. The molecule has 2 aromatic rings. The van der Waals surface area contributed by atoms with Crippen LogP contribution in [0.5, 0.6) is 0 Å². The lowest BCUT2D eigenvalue weighted by atomic mass is 9.99. The van der Waals surface area contributed by atoms with Crippen LogP contribution in [0.1, 0.15) is 18.4 Å². The molecular formula is C12H14FN3O. The molecule has 4 nitrogen and oxygen atoms in total. The highest BCUT2D eigenvalue weighted by Crippen LogP contribution is 2.27. The van der Waals surface area contributed by atoms with Gasteiger partial charge >= 0.3 is 0 Å². The van der Waals surface area contributed by atoms with Crippen LogP contribution in [0.15, 0.2) is 30.5 Å². The minimum Gasteiger partial charge on any atom is -0.304 e. The molecule has 5 heteroatoms. The van der Waals surface area contributed by atoms with E-state index in [9.17, 15) is 4.39 Å². The van der Waals surface area contributed by atoms with Crippen LogP contribution in [0.25, 0.3) is 11.3 Å². The van der Waals surface area contributed by atoms with E-state index >= 15 is 0 Å². The molecule has 0 saturated heterocycles. The number of aromatic amines is 1. The van der Waals surface area contributed by atoms with E-state index in [1.807, 2.05) is 6.92 Å². The molecule has 1 unspecified atom stereocenters. The number of nitrogens with two attached hydrogens (primary N) is 1. The zero-order chi connectivity index (χ0) is 12.3. The summed E-state index contributed by atoms with van der Waals surface area (Å²) in [7, 11) is 0. The molecule has 0 aliphatic heterocycles. The summed E-state index contributed by atoms with van der Waals surface area (Å²) in [4.78, 5) is 4.64. The summed E-state index contributed by atoms with van der Waals surface area (Å²) in [6, 6.07) is 6.26. The van der Waals surface area contributed by atoms with Gasteiger partial charge in [0.2, 0.25) is 0 Å². The number of aromatic nitrogens is 2. The number of benzene rings is 1. The van der Waals surface area contributed by atoms with E-state index in [1.165, 1.54) is 12.1 Å². The number of nitrogens with one attached hydrogen (secondary N) is 1. The third-order valence-corrected chi connectivity index (χ3v) is 2.68. The van der Waals surface area contributed by atoms with Crippen molar-refractivity contribution in [2.75, 3.05) is 6.61 Å². The lowest BCUT2D eigenvalue weighted by molar-refractivity contribution is 0.127. The van der Waals surface area contributed by atoms with Crippen molar-refractivity contribution in [1.82, 2.24) is 10.2 Å². The summed E-state index contributed by atoms with van der Waals surface area (Å²) < 4.78 is 12.8. The summed E-state index contributed by atoms with van der Waals surface area (Å²) in [5, 5.41) is 6.92.